The lowest BCUT2D eigenvalue weighted by molar-refractivity contribution is 0.144. The molecular formula is C19H22ClN5OS. The van der Waals surface area contributed by atoms with Crippen LogP contribution in [0, 0.1) is 0 Å². The number of hydrogen-bond donors (Lipinski definition) is 1. The molecule has 0 bridgehead atoms. The molecule has 2 aliphatic heterocycles. The van der Waals surface area contributed by atoms with Crippen molar-refractivity contribution in [3.63, 3.8) is 0 Å². The topological polar surface area (TPSA) is 65.7 Å². The maximum absolute atomic E-state index is 11.2. The first-order valence-electron chi connectivity index (χ1n) is 9.08. The average Bonchev–Trinajstić information content (AvgIpc) is 2.67. The van der Waals surface area contributed by atoms with E-state index in [1.807, 2.05) is 24.4 Å². The van der Waals surface area contributed by atoms with Gasteiger partial charge in [0.05, 0.1) is 10.6 Å². The highest BCUT2D eigenvalue weighted by molar-refractivity contribution is 7.99. The number of benzene rings is 1. The molecule has 3 heterocycles. The van der Waals surface area contributed by atoms with E-state index >= 15 is 0 Å². The fourth-order valence-corrected chi connectivity index (χ4v) is 4.90. The number of piperazine rings is 1. The standard InChI is InChI=1S/C19H22ClN5OS/c20-14-4-5-15-17(13-14)27-16-3-1-6-22-18(16)25(15)8-2-7-23-9-11-24(12-10-23)19(21)26/h1,3-6,13H,2,7-12H2,(H2,21,26). The molecule has 1 fully saturated rings. The second kappa shape index (κ2) is 7.96. The fraction of sp³-hybridized carbons (Fsp3) is 0.368. The second-order valence-electron chi connectivity index (χ2n) is 6.71. The minimum Gasteiger partial charge on any atom is -0.351 e. The molecule has 2 aliphatic rings. The van der Waals surface area contributed by atoms with Crippen molar-refractivity contribution in [1.29, 1.82) is 0 Å². The summed E-state index contributed by atoms with van der Waals surface area (Å²) in [6, 6.07) is 9.79. The quantitative estimate of drug-likeness (QED) is 0.847. The van der Waals surface area contributed by atoms with Gasteiger partial charge in [-0.15, -0.1) is 0 Å². The summed E-state index contributed by atoms with van der Waals surface area (Å²) in [5.74, 6) is 1.01. The predicted octanol–water partition coefficient (Wildman–Crippen LogP) is 3.42. The van der Waals surface area contributed by atoms with Gasteiger partial charge in [-0.3, -0.25) is 4.90 Å². The van der Waals surface area contributed by atoms with Crippen molar-refractivity contribution >= 4 is 40.9 Å². The number of carbonyl (C=O) groups is 1. The maximum atomic E-state index is 11.2. The molecular weight excluding hydrogens is 382 g/mol. The number of urea groups is 1. The molecule has 2 N–H and O–H groups in total. The van der Waals surface area contributed by atoms with Gasteiger partial charge in [-0.25, -0.2) is 9.78 Å². The molecule has 4 rings (SSSR count). The summed E-state index contributed by atoms with van der Waals surface area (Å²) in [6.45, 7) is 5.04. The normalized spacial score (nSPS) is 16.8. The second-order valence-corrected chi connectivity index (χ2v) is 8.23. The molecule has 27 heavy (non-hydrogen) atoms. The third-order valence-corrected chi connectivity index (χ3v) is 6.30. The van der Waals surface area contributed by atoms with Crippen molar-refractivity contribution in [3.05, 3.63) is 41.6 Å². The van der Waals surface area contributed by atoms with Gasteiger partial charge in [0.2, 0.25) is 0 Å². The van der Waals surface area contributed by atoms with E-state index in [4.69, 9.17) is 17.3 Å². The zero-order valence-electron chi connectivity index (χ0n) is 15.0. The van der Waals surface area contributed by atoms with Crippen LogP contribution in [0.5, 0.6) is 0 Å². The number of nitrogens with zero attached hydrogens (tertiary/aromatic N) is 4. The van der Waals surface area contributed by atoms with E-state index in [1.54, 1.807) is 16.7 Å². The molecule has 0 saturated carbocycles. The minimum atomic E-state index is -0.321. The Kier molecular flexibility index (Phi) is 5.43. The lowest BCUT2D eigenvalue weighted by atomic mass is 10.2. The fourth-order valence-electron chi connectivity index (χ4n) is 3.56. The molecule has 8 heteroatoms. The number of hydrogen-bond acceptors (Lipinski definition) is 5. The SMILES string of the molecule is NC(=O)N1CCN(CCCN2c3ccc(Cl)cc3Sc3cccnc32)CC1. The Morgan fingerprint density at radius 1 is 1.15 bits per heavy atom. The number of carbonyl (C=O) groups excluding carboxylic acids is 1. The Labute approximate surface area is 168 Å². The number of rotatable bonds is 4. The Hall–Kier alpha value is -1.96. The summed E-state index contributed by atoms with van der Waals surface area (Å²) in [6.07, 6.45) is 2.86. The zero-order valence-corrected chi connectivity index (χ0v) is 16.5. The van der Waals surface area contributed by atoms with Gasteiger partial charge in [0, 0.05) is 48.8 Å². The van der Waals surface area contributed by atoms with Crippen LogP contribution in [0.1, 0.15) is 6.42 Å². The van der Waals surface area contributed by atoms with Crippen LogP contribution >= 0.6 is 23.4 Å². The summed E-state index contributed by atoms with van der Waals surface area (Å²) in [7, 11) is 0. The van der Waals surface area contributed by atoms with Crippen molar-refractivity contribution in [2.45, 2.75) is 16.2 Å². The lowest BCUT2D eigenvalue weighted by Gasteiger charge is -2.35. The van der Waals surface area contributed by atoms with Crippen LogP contribution in [0.15, 0.2) is 46.3 Å². The molecule has 1 aromatic carbocycles. The van der Waals surface area contributed by atoms with E-state index in [-0.39, 0.29) is 6.03 Å². The summed E-state index contributed by atoms with van der Waals surface area (Å²) in [5, 5.41) is 0.751. The minimum absolute atomic E-state index is 0.321. The summed E-state index contributed by atoms with van der Waals surface area (Å²) >= 11 is 7.92. The molecule has 2 amide bonds. The number of halogens is 1. The Morgan fingerprint density at radius 2 is 1.96 bits per heavy atom. The van der Waals surface area contributed by atoms with Crippen LogP contribution < -0.4 is 10.6 Å². The van der Waals surface area contributed by atoms with E-state index in [0.29, 0.717) is 13.1 Å². The van der Waals surface area contributed by atoms with Gasteiger partial charge >= 0.3 is 6.03 Å². The van der Waals surface area contributed by atoms with E-state index < -0.39 is 0 Å². The van der Waals surface area contributed by atoms with Crippen molar-refractivity contribution in [2.75, 3.05) is 44.2 Å². The number of primary amides is 1. The number of pyridine rings is 1. The summed E-state index contributed by atoms with van der Waals surface area (Å²) in [4.78, 5) is 24.6. The molecule has 0 radical (unpaired) electrons. The largest absolute Gasteiger partial charge is 0.351 e. The van der Waals surface area contributed by atoms with Crippen LogP contribution in [0.25, 0.3) is 0 Å². The van der Waals surface area contributed by atoms with Gasteiger partial charge < -0.3 is 15.5 Å². The Morgan fingerprint density at radius 3 is 2.74 bits per heavy atom. The highest BCUT2D eigenvalue weighted by atomic mass is 35.5. The molecule has 1 aromatic heterocycles. The molecule has 0 aliphatic carbocycles. The van der Waals surface area contributed by atoms with E-state index in [1.165, 1.54) is 0 Å². The third-order valence-electron chi connectivity index (χ3n) is 4.98. The zero-order chi connectivity index (χ0) is 18.8. The van der Waals surface area contributed by atoms with Crippen LogP contribution in [-0.2, 0) is 0 Å². The molecule has 6 nitrogen and oxygen atoms in total. The van der Waals surface area contributed by atoms with Gasteiger partial charge in [0.1, 0.15) is 5.82 Å². The summed E-state index contributed by atoms with van der Waals surface area (Å²) in [5.41, 5.74) is 6.52. The number of nitrogens with two attached hydrogens (primary N) is 1. The molecule has 0 atom stereocenters. The van der Waals surface area contributed by atoms with Gasteiger partial charge in [0.15, 0.2) is 0 Å². The molecule has 142 valence electrons. The number of fused-ring (bicyclic) bond motifs is 2. The predicted molar refractivity (Wildman–Crippen MR) is 109 cm³/mol. The Bertz CT molecular complexity index is 841. The van der Waals surface area contributed by atoms with Crippen molar-refractivity contribution in [2.24, 2.45) is 5.73 Å². The number of aromatic nitrogens is 1. The first-order valence-corrected chi connectivity index (χ1v) is 10.3. The summed E-state index contributed by atoms with van der Waals surface area (Å²) < 4.78 is 0. The maximum Gasteiger partial charge on any atom is 0.314 e. The highest BCUT2D eigenvalue weighted by Crippen LogP contribution is 2.47. The van der Waals surface area contributed by atoms with Crippen LogP contribution in [0.2, 0.25) is 5.02 Å². The lowest BCUT2D eigenvalue weighted by Crippen LogP contribution is -2.50. The first-order chi connectivity index (χ1) is 13.1. The van der Waals surface area contributed by atoms with Crippen molar-refractivity contribution in [1.82, 2.24) is 14.8 Å². The van der Waals surface area contributed by atoms with Gasteiger partial charge in [-0.2, -0.15) is 0 Å². The van der Waals surface area contributed by atoms with Crippen LogP contribution in [-0.4, -0.2) is 60.1 Å². The third kappa shape index (κ3) is 4.00. The van der Waals surface area contributed by atoms with Crippen molar-refractivity contribution < 1.29 is 4.79 Å². The molecule has 1 saturated heterocycles. The number of amides is 2. The monoisotopic (exact) mass is 403 g/mol. The van der Waals surface area contributed by atoms with E-state index in [9.17, 15) is 4.79 Å². The molecule has 2 aromatic rings. The van der Waals surface area contributed by atoms with Crippen molar-refractivity contribution in [3.8, 4) is 0 Å². The molecule has 0 unspecified atom stereocenters. The first kappa shape index (κ1) is 18.4. The smallest absolute Gasteiger partial charge is 0.314 e. The van der Waals surface area contributed by atoms with Crippen LogP contribution in [0.3, 0.4) is 0 Å². The van der Waals surface area contributed by atoms with E-state index in [2.05, 4.69) is 26.9 Å². The molecule has 0 spiro atoms. The average molecular weight is 404 g/mol. The van der Waals surface area contributed by atoms with Gasteiger partial charge in [-0.1, -0.05) is 23.4 Å². The van der Waals surface area contributed by atoms with Gasteiger partial charge in [-0.05, 0) is 43.3 Å². The van der Waals surface area contributed by atoms with Gasteiger partial charge in [0.25, 0.3) is 0 Å². The Balaban J connectivity index is 1.43. The highest BCUT2D eigenvalue weighted by Gasteiger charge is 2.25. The van der Waals surface area contributed by atoms with Crippen LogP contribution in [0.4, 0.5) is 16.3 Å². The van der Waals surface area contributed by atoms with E-state index in [0.717, 1.165) is 58.9 Å². The number of anilines is 2.